The van der Waals surface area contributed by atoms with Crippen molar-refractivity contribution in [3.63, 3.8) is 0 Å². The summed E-state index contributed by atoms with van der Waals surface area (Å²) in [4.78, 5) is 13.0. The third-order valence-electron chi connectivity index (χ3n) is 4.69. The lowest BCUT2D eigenvalue weighted by Crippen LogP contribution is -2.16. The Morgan fingerprint density at radius 3 is 2.04 bits per heavy atom. The number of hydrogen-bond donors (Lipinski definition) is 0. The van der Waals surface area contributed by atoms with Crippen LogP contribution in [0.2, 0.25) is 0 Å². The molecule has 0 aliphatic carbocycles. The zero-order valence-electron chi connectivity index (χ0n) is 15.1. The summed E-state index contributed by atoms with van der Waals surface area (Å²) in [6.07, 6.45) is 2.03. The maximum absolute atomic E-state index is 13.0. The normalized spacial score (nSPS) is 11.7. The van der Waals surface area contributed by atoms with Crippen molar-refractivity contribution < 1.29 is 9.53 Å². The van der Waals surface area contributed by atoms with Gasteiger partial charge in [-0.2, -0.15) is 0 Å². The van der Waals surface area contributed by atoms with Crippen LogP contribution in [-0.2, 0) is 17.6 Å². The Morgan fingerprint density at radius 2 is 1.42 bits per heavy atom. The molecule has 0 aliphatic heterocycles. The van der Waals surface area contributed by atoms with Crippen molar-refractivity contribution in [1.82, 2.24) is 0 Å². The summed E-state index contributed by atoms with van der Waals surface area (Å²) in [7, 11) is 1.66. The molecule has 0 saturated heterocycles. The van der Waals surface area contributed by atoms with E-state index in [2.05, 4.69) is 24.3 Å². The van der Waals surface area contributed by atoms with Crippen LogP contribution in [0.4, 0.5) is 0 Å². The van der Waals surface area contributed by atoms with Crippen LogP contribution in [0.1, 0.15) is 29.0 Å². The first-order chi connectivity index (χ1) is 12.8. The molecule has 3 rings (SSSR count). The van der Waals surface area contributed by atoms with Crippen molar-refractivity contribution in [1.29, 1.82) is 0 Å². The third kappa shape index (κ3) is 4.82. The topological polar surface area (TPSA) is 26.3 Å². The molecule has 1 atom stereocenters. The first-order valence-corrected chi connectivity index (χ1v) is 9.01. The second-order valence-corrected chi connectivity index (χ2v) is 6.47. The first kappa shape index (κ1) is 17.9. The number of ether oxygens (including phenoxy) is 1. The van der Waals surface area contributed by atoms with Crippen molar-refractivity contribution in [2.24, 2.45) is 0 Å². The van der Waals surface area contributed by atoms with Gasteiger partial charge in [0.2, 0.25) is 0 Å². The molecule has 0 spiro atoms. The molecule has 0 heterocycles. The number of methoxy groups -OCH3 is 1. The van der Waals surface area contributed by atoms with Gasteiger partial charge in [0, 0.05) is 12.3 Å². The van der Waals surface area contributed by atoms with E-state index in [1.165, 1.54) is 5.56 Å². The molecule has 0 aromatic heterocycles. The first-order valence-electron chi connectivity index (χ1n) is 9.01. The lowest BCUT2D eigenvalue weighted by Gasteiger charge is -2.17. The molecule has 0 fully saturated rings. The molecule has 132 valence electrons. The quantitative estimate of drug-likeness (QED) is 0.560. The number of aryl methyl sites for hydroxylation is 1. The van der Waals surface area contributed by atoms with Gasteiger partial charge in [0.1, 0.15) is 11.5 Å². The summed E-state index contributed by atoms with van der Waals surface area (Å²) in [5.41, 5.74) is 3.45. The molecule has 3 aromatic carbocycles. The summed E-state index contributed by atoms with van der Waals surface area (Å²) in [6.45, 7) is 0. The molecular formula is C24H24O2. The van der Waals surface area contributed by atoms with E-state index in [0.29, 0.717) is 6.42 Å². The largest absolute Gasteiger partial charge is 0.497 e. The maximum atomic E-state index is 13.0. The minimum atomic E-state index is -0.100. The molecule has 2 heteroatoms. The fraction of sp³-hybridized carbons (Fsp3) is 0.208. The fourth-order valence-corrected chi connectivity index (χ4v) is 3.19. The Morgan fingerprint density at radius 1 is 0.808 bits per heavy atom. The van der Waals surface area contributed by atoms with Crippen LogP contribution in [0.3, 0.4) is 0 Å². The van der Waals surface area contributed by atoms with Crippen LogP contribution in [-0.4, -0.2) is 12.9 Å². The predicted molar refractivity (Wildman–Crippen MR) is 106 cm³/mol. The SMILES string of the molecule is COc1ccc(CCC(=O)C(Cc2ccccc2)c2ccccc2)cc1. The van der Waals surface area contributed by atoms with Crippen LogP contribution < -0.4 is 4.74 Å². The van der Waals surface area contributed by atoms with E-state index < -0.39 is 0 Å². The number of benzene rings is 3. The van der Waals surface area contributed by atoms with E-state index in [-0.39, 0.29) is 11.7 Å². The second-order valence-electron chi connectivity index (χ2n) is 6.47. The van der Waals surface area contributed by atoms with Gasteiger partial charge >= 0.3 is 0 Å². The highest BCUT2D eigenvalue weighted by Gasteiger charge is 2.20. The highest BCUT2D eigenvalue weighted by molar-refractivity contribution is 5.86. The zero-order chi connectivity index (χ0) is 18.2. The monoisotopic (exact) mass is 344 g/mol. The van der Waals surface area contributed by atoms with Gasteiger partial charge in [-0.3, -0.25) is 4.79 Å². The minimum Gasteiger partial charge on any atom is -0.497 e. The van der Waals surface area contributed by atoms with Crippen molar-refractivity contribution in [3.05, 3.63) is 102 Å². The smallest absolute Gasteiger partial charge is 0.141 e. The summed E-state index contributed by atoms with van der Waals surface area (Å²) in [6, 6.07) is 28.3. The van der Waals surface area contributed by atoms with Crippen LogP contribution in [0, 0.1) is 0 Å². The number of Topliss-reactive ketones (excluding diaryl/α,β-unsaturated/α-hetero) is 1. The number of carbonyl (C=O) groups is 1. The molecule has 0 aliphatic rings. The lowest BCUT2D eigenvalue weighted by molar-refractivity contribution is -0.120. The summed E-state index contributed by atoms with van der Waals surface area (Å²) in [5.74, 6) is 1.03. The van der Waals surface area contributed by atoms with Crippen molar-refractivity contribution >= 4 is 5.78 Å². The Balaban J connectivity index is 1.71. The highest BCUT2D eigenvalue weighted by atomic mass is 16.5. The van der Waals surface area contributed by atoms with E-state index in [4.69, 9.17) is 4.74 Å². The molecular weight excluding hydrogens is 320 g/mol. The van der Waals surface area contributed by atoms with Crippen LogP contribution in [0.15, 0.2) is 84.9 Å². The molecule has 2 nitrogen and oxygen atoms in total. The Kier molecular flexibility index (Phi) is 6.21. The number of ketones is 1. The van der Waals surface area contributed by atoms with Gasteiger partial charge in [0.15, 0.2) is 0 Å². The highest BCUT2D eigenvalue weighted by Crippen LogP contribution is 2.24. The number of carbonyl (C=O) groups excluding carboxylic acids is 1. The standard InChI is InChI=1S/C24H24O2/c1-26-22-15-12-19(13-16-22)14-17-24(25)23(21-10-6-3-7-11-21)18-20-8-4-2-5-9-20/h2-13,15-16,23H,14,17-18H2,1H3. The van der Waals surface area contributed by atoms with Gasteiger partial charge in [-0.25, -0.2) is 0 Å². The Labute approximate surface area is 155 Å². The van der Waals surface area contributed by atoms with E-state index in [9.17, 15) is 4.79 Å². The maximum Gasteiger partial charge on any atom is 0.141 e. The van der Waals surface area contributed by atoms with Gasteiger partial charge in [0.05, 0.1) is 7.11 Å². The van der Waals surface area contributed by atoms with E-state index >= 15 is 0 Å². The van der Waals surface area contributed by atoms with Crippen molar-refractivity contribution in [3.8, 4) is 5.75 Å². The molecule has 3 aromatic rings. The molecule has 1 unspecified atom stereocenters. The van der Waals surface area contributed by atoms with Gasteiger partial charge < -0.3 is 4.74 Å². The van der Waals surface area contributed by atoms with Crippen LogP contribution in [0.5, 0.6) is 5.75 Å². The van der Waals surface area contributed by atoms with E-state index in [1.807, 2.05) is 60.7 Å². The zero-order valence-corrected chi connectivity index (χ0v) is 15.1. The molecule has 0 amide bonds. The Hall–Kier alpha value is -2.87. The van der Waals surface area contributed by atoms with Gasteiger partial charge in [-0.15, -0.1) is 0 Å². The van der Waals surface area contributed by atoms with Crippen molar-refractivity contribution in [2.75, 3.05) is 7.11 Å². The number of hydrogen-bond acceptors (Lipinski definition) is 2. The predicted octanol–water partition coefficient (Wildman–Crippen LogP) is 5.22. The minimum absolute atomic E-state index is 0.100. The summed E-state index contributed by atoms with van der Waals surface area (Å²) in [5, 5.41) is 0. The van der Waals surface area contributed by atoms with E-state index in [1.54, 1.807) is 7.11 Å². The summed E-state index contributed by atoms with van der Waals surface area (Å²) >= 11 is 0. The Bertz CT molecular complexity index is 808. The second kappa shape index (κ2) is 9.00. The lowest BCUT2D eigenvalue weighted by atomic mass is 9.86. The third-order valence-corrected chi connectivity index (χ3v) is 4.69. The van der Waals surface area contributed by atoms with Crippen LogP contribution >= 0.6 is 0 Å². The van der Waals surface area contributed by atoms with Gasteiger partial charge in [-0.1, -0.05) is 72.8 Å². The fourth-order valence-electron chi connectivity index (χ4n) is 3.19. The van der Waals surface area contributed by atoms with E-state index in [0.717, 1.165) is 29.7 Å². The molecule has 0 saturated carbocycles. The summed E-state index contributed by atoms with van der Waals surface area (Å²) < 4.78 is 5.19. The average Bonchev–Trinajstić information content (AvgIpc) is 2.72. The van der Waals surface area contributed by atoms with Gasteiger partial charge in [0.25, 0.3) is 0 Å². The molecule has 26 heavy (non-hydrogen) atoms. The van der Waals surface area contributed by atoms with Crippen molar-refractivity contribution in [2.45, 2.75) is 25.2 Å². The average molecular weight is 344 g/mol. The van der Waals surface area contributed by atoms with Crippen LogP contribution in [0.25, 0.3) is 0 Å². The van der Waals surface area contributed by atoms with Gasteiger partial charge in [-0.05, 0) is 41.7 Å². The molecule has 0 N–H and O–H groups in total. The molecule has 0 bridgehead atoms. The molecule has 0 radical (unpaired) electrons. The number of rotatable bonds is 8.